The molecule has 4 aliphatic rings. The number of nitrogens with one attached hydrogen (secondary N) is 1. The van der Waals surface area contributed by atoms with Crippen molar-refractivity contribution in [1.82, 2.24) is 5.32 Å². The van der Waals surface area contributed by atoms with Crippen LogP contribution in [0.2, 0.25) is 0 Å². The van der Waals surface area contributed by atoms with Crippen molar-refractivity contribution in [2.24, 2.45) is 22.7 Å². The van der Waals surface area contributed by atoms with Crippen LogP contribution in [0.15, 0.2) is 12.1 Å². The number of carbonyl (C=O) groups is 1. The standard InChI is InChI=1S/C22H28ClNO3/c1-13-17(5-16(26-2)6-18(13)27-3)19(25)24-12-20-7-14-4-15-9-22(23,11-20)21(15,8-14)10-20/h5-6,14-15H,4,7-12H2,1-3H3,(H,24,25). The van der Waals surface area contributed by atoms with Gasteiger partial charge in [0.1, 0.15) is 11.5 Å². The molecule has 5 heteroatoms. The number of methoxy groups -OCH3 is 2. The third kappa shape index (κ3) is 2.25. The number of rotatable bonds is 5. The normalized spacial score (nSPS) is 40.4. The summed E-state index contributed by atoms with van der Waals surface area (Å²) in [7, 11) is 3.22. The smallest absolute Gasteiger partial charge is 0.251 e. The molecule has 1 aromatic rings. The average molecular weight is 390 g/mol. The van der Waals surface area contributed by atoms with Gasteiger partial charge in [0.25, 0.3) is 5.91 Å². The number of hydrogen-bond acceptors (Lipinski definition) is 3. The van der Waals surface area contributed by atoms with E-state index in [4.69, 9.17) is 21.1 Å². The lowest BCUT2D eigenvalue weighted by atomic mass is 9.55. The molecule has 3 bridgehead atoms. The number of hydrogen-bond donors (Lipinski definition) is 1. The molecule has 4 saturated carbocycles. The van der Waals surface area contributed by atoms with Crippen molar-refractivity contribution in [3.63, 3.8) is 0 Å². The predicted octanol–water partition coefficient (Wildman–Crippen LogP) is 4.32. The van der Waals surface area contributed by atoms with Crippen LogP contribution in [0.4, 0.5) is 0 Å². The number of benzene rings is 1. The summed E-state index contributed by atoms with van der Waals surface area (Å²) in [6.07, 6.45) is 7.35. The van der Waals surface area contributed by atoms with Gasteiger partial charge in [-0.25, -0.2) is 0 Å². The molecule has 1 N–H and O–H groups in total. The van der Waals surface area contributed by atoms with Gasteiger partial charge in [0.15, 0.2) is 0 Å². The van der Waals surface area contributed by atoms with Crippen molar-refractivity contribution >= 4 is 17.5 Å². The lowest BCUT2D eigenvalue weighted by molar-refractivity contribution is 0.0184. The lowest BCUT2D eigenvalue weighted by Gasteiger charge is -2.55. The van der Waals surface area contributed by atoms with E-state index < -0.39 is 0 Å². The van der Waals surface area contributed by atoms with E-state index in [-0.39, 0.29) is 16.2 Å². The third-order valence-electron chi connectivity index (χ3n) is 8.24. The van der Waals surface area contributed by atoms with E-state index in [1.165, 1.54) is 32.1 Å². The minimum atomic E-state index is -0.0473. The molecule has 0 radical (unpaired) electrons. The lowest BCUT2D eigenvalue weighted by Crippen LogP contribution is -2.53. The first kappa shape index (κ1) is 17.7. The molecule has 1 amide bonds. The Morgan fingerprint density at radius 1 is 1.22 bits per heavy atom. The second-order valence-corrected chi connectivity index (χ2v) is 10.3. The molecule has 1 spiro atoms. The van der Waals surface area contributed by atoms with Crippen molar-refractivity contribution in [1.29, 1.82) is 0 Å². The van der Waals surface area contributed by atoms with E-state index in [0.717, 1.165) is 30.4 Å². The second kappa shape index (κ2) is 5.56. The number of alkyl halides is 1. The zero-order valence-corrected chi connectivity index (χ0v) is 17.1. The van der Waals surface area contributed by atoms with Gasteiger partial charge in [0, 0.05) is 23.7 Å². The average Bonchev–Trinajstić information content (AvgIpc) is 2.94. The fourth-order valence-corrected chi connectivity index (χ4v) is 8.10. The molecule has 146 valence electrons. The first-order chi connectivity index (χ1) is 12.8. The predicted molar refractivity (Wildman–Crippen MR) is 105 cm³/mol. The van der Waals surface area contributed by atoms with Crippen molar-refractivity contribution in [2.75, 3.05) is 20.8 Å². The Hall–Kier alpha value is -1.42. The molecule has 4 aliphatic carbocycles. The van der Waals surface area contributed by atoms with E-state index in [1.54, 1.807) is 20.3 Å². The summed E-state index contributed by atoms with van der Waals surface area (Å²) < 4.78 is 10.7. The summed E-state index contributed by atoms with van der Waals surface area (Å²) in [5.41, 5.74) is 2.02. The van der Waals surface area contributed by atoms with Gasteiger partial charge in [-0.1, -0.05) is 0 Å². The van der Waals surface area contributed by atoms with Gasteiger partial charge in [-0.05, 0) is 74.2 Å². The number of amides is 1. The Balaban J connectivity index is 1.36. The summed E-state index contributed by atoms with van der Waals surface area (Å²) in [6, 6.07) is 3.61. The molecule has 27 heavy (non-hydrogen) atoms. The molecular weight excluding hydrogens is 362 g/mol. The summed E-state index contributed by atoms with van der Waals surface area (Å²) in [6.45, 7) is 2.64. The van der Waals surface area contributed by atoms with Crippen LogP contribution in [-0.4, -0.2) is 31.5 Å². The SMILES string of the molecule is COc1cc(OC)c(C)c(C(=O)NCC23CC4CC5CC(Cl)(C2)C5(C4)C3)c1. The maximum Gasteiger partial charge on any atom is 0.251 e. The summed E-state index contributed by atoms with van der Waals surface area (Å²) in [5, 5.41) is 3.24. The Bertz CT molecular complexity index is 826. The zero-order chi connectivity index (χ0) is 19.0. The molecule has 1 aromatic carbocycles. The van der Waals surface area contributed by atoms with Crippen LogP contribution in [0.25, 0.3) is 0 Å². The van der Waals surface area contributed by atoms with E-state index in [1.807, 2.05) is 13.0 Å². The first-order valence-electron chi connectivity index (χ1n) is 10.0. The molecule has 4 nitrogen and oxygen atoms in total. The molecule has 5 atom stereocenters. The Labute approximate surface area is 165 Å². The van der Waals surface area contributed by atoms with Crippen LogP contribution < -0.4 is 14.8 Å². The van der Waals surface area contributed by atoms with Gasteiger partial charge in [-0.15, -0.1) is 11.6 Å². The van der Waals surface area contributed by atoms with E-state index >= 15 is 0 Å². The van der Waals surface area contributed by atoms with Crippen molar-refractivity contribution < 1.29 is 14.3 Å². The van der Waals surface area contributed by atoms with Crippen molar-refractivity contribution in [3.05, 3.63) is 23.3 Å². The van der Waals surface area contributed by atoms with Gasteiger partial charge >= 0.3 is 0 Å². The highest BCUT2D eigenvalue weighted by molar-refractivity contribution is 6.25. The number of carbonyl (C=O) groups excluding carboxylic acids is 1. The maximum absolute atomic E-state index is 13.0. The minimum absolute atomic E-state index is 0.00273. The third-order valence-corrected chi connectivity index (χ3v) is 8.90. The molecule has 5 rings (SSSR count). The monoisotopic (exact) mass is 389 g/mol. The zero-order valence-electron chi connectivity index (χ0n) is 16.4. The van der Waals surface area contributed by atoms with Crippen LogP contribution in [-0.2, 0) is 0 Å². The molecular formula is C22H28ClNO3. The van der Waals surface area contributed by atoms with Crippen LogP contribution in [0.5, 0.6) is 11.5 Å². The van der Waals surface area contributed by atoms with Crippen LogP contribution in [0.3, 0.4) is 0 Å². The Morgan fingerprint density at radius 2 is 2.04 bits per heavy atom. The number of fused-ring (bicyclic) bond motifs is 2. The number of halogens is 1. The van der Waals surface area contributed by atoms with Gasteiger partial charge < -0.3 is 14.8 Å². The molecule has 0 heterocycles. The Morgan fingerprint density at radius 3 is 2.78 bits per heavy atom. The summed E-state index contributed by atoms with van der Waals surface area (Å²) in [5.74, 6) is 2.91. The highest BCUT2D eigenvalue weighted by Gasteiger charge is 2.77. The quantitative estimate of drug-likeness (QED) is 0.763. The van der Waals surface area contributed by atoms with E-state index in [2.05, 4.69) is 5.32 Å². The van der Waals surface area contributed by atoms with Gasteiger partial charge in [-0.2, -0.15) is 0 Å². The number of ether oxygens (including phenoxy) is 2. The van der Waals surface area contributed by atoms with Crippen molar-refractivity contribution in [3.8, 4) is 11.5 Å². The molecule has 0 aliphatic heterocycles. The van der Waals surface area contributed by atoms with E-state index in [9.17, 15) is 4.79 Å². The topological polar surface area (TPSA) is 47.6 Å². The molecule has 0 saturated heterocycles. The molecule has 4 fully saturated rings. The minimum Gasteiger partial charge on any atom is -0.497 e. The van der Waals surface area contributed by atoms with Crippen LogP contribution in [0, 0.1) is 29.6 Å². The van der Waals surface area contributed by atoms with E-state index in [0.29, 0.717) is 22.5 Å². The largest absolute Gasteiger partial charge is 0.497 e. The maximum atomic E-state index is 13.0. The summed E-state index contributed by atoms with van der Waals surface area (Å²) >= 11 is 7.10. The summed E-state index contributed by atoms with van der Waals surface area (Å²) in [4.78, 5) is 13.0. The van der Waals surface area contributed by atoms with Crippen molar-refractivity contribution in [2.45, 2.75) is 50.3 Å². The molecule has 5 unspecified atom stereocenters. The second-order valence-electron chi connectivity index (χ2n) is 9.57. The van der Waals surface area contributed by atoms with Crippen LogP contribution in [0.1, 0.15) is 54.4 Å². The first-order valence-corrected chi connectivity index (χ1v) is 10.4. The van der Waals surface area contributed by atoms with Gasteiger partial charge in [0.2, 0.25) is 0 Å². The Kier molecular flexibility index (Phi) is 3.64. The highest BCUT2D eigenvalue weighted by atomic mass is 35.5. The van der Waals surface area contributed by atoms with Gasteiger partial charge in [-0.3, -0.25) is 4.79 Å². The molecule has 0 aromatic heterocycles. The van der Waals surface area contributed by atoms with Crippen LogP contribution >= 0.6 is 11.6 Å². The fraction of sp³-hybridized carbons (Fsp3) is 0.682. The van der Waals surface area contributed by atoms with Gasteiger partial charge in [0.05, 0.1) is 19.1 Å². The highest BCUT2D eigenvalue weighted by Crippen LogP contribution is 2.82. The fourth-order valence-electron chi connectivity index (χ4n) is 7.33.